The number of methoxy groups -OCH3 is 1. The van der Waals surface area contributed by atoms with Crippen LogP contribution in [0, 0.1) is 11.8 Å². The first kappa shape index (κ1) is 43.5. The van der Waals surface area contributed by atoms with E-state index in [1.807, 2.05) is 114 Å². The lowest BCUT2D eigenvalue weighted by Crippen LogP contribution is -2.47. The second-order valence-electron chi connectivity index (χ2n) is 16.8. The van der Waals surface area contributed by atoms with Crippen molar-refractivity contribution in [1.29, 1.82) is 0 Å². The summed E-state index contributed by atoms with van der Waals surface area (Å²) in [5.41, 5.74) is 6.56. The molecule has 6 aromatic rings. The number of aliphatic hydroxyl groups is 1. The standard InChI is InChI=1S/C51H51N9O6/c1-66-51(65)57-45(38-12-6-3-7-13-38)49(63)60-28-9-15-43(60)47-53-31-41(55-47)36-24-20-34(21-25-36)17-16-33-18-22-35(23-19-33)40-30-52-46(54-40)42-14-8-27-59(42)48(62)44(37-10-4-2-5-11-37)56-50(64)58-29-26-39(61)32-58/h2-7,10-13,18-25,30-31,39,42-45,61H,8-9,14-15,26-29,32H2,1H3,(H,52,54)(H,53,55)(H,56,64)(H,57,65). The van der Waals surface area contributed by atoms with E-state index in [1.54, 1.807) is 22.2 Å². The zero-order valence-corrected chi connectivity index (χ0v) is 36.5. The number of aliphatic hydroxyl groups excluding tert-OH is 1. The van der Waals surface area contributed by atoms with Crippen LogP contribution in [0.1, 0.15) is 90.2 Å². The maximum Gasteiger partial charge on any atom is 0.407 e. The summed E-state index contributed by atoms with van der Waals surface area (Å²) in [6.07, 6.45) is 5.93. The molecule has 3 fully saturated rings. The predicted octanol–water partition coefficient (Wildman–Crippen LogP) is 6.81. The van der Waals surface area contributed by atoms with E-state index in [4.69, 9.17) is 9.72 Å². The van der Waals surface area contributed by atoms with E-state index < -0.39 is 24.3 Å². The van der Waals surface area contributed by atoms with Gasteiger partial charge in [-0.3, -0.25) is 9.59 Å². The van der Waals surface area contributed by atoms with Crippen LogP contribution in [-0.4, -0.2) is 103 Å². The van der Waals surface area contributed by atoms with E-state index in [2.05, 4.69) is 37.4 Å². The number of β-amino-alcohol motifs (C(OH)–C–C–N with tert-alkyl or cyclic N) is 1. The number of amides is 5. The Bertz CT molecular complexity index is 2730. The molecule has 66 heavy (non-hydrogen) atoms. The van der Waals surface area contributed by atoms with Gasteiger partial charge in [-0.05, 0) is 78.6 Å². The zero-order valence-electron chi connectivity index (χ0n) is 36.5. The second kappa shape index (κ2) is 19.6. The number of carbonyl (C=O) groups is 4. The number of aromatic nitrogens is 4. The Morgan fingerprint density at radius 3 is 1.56 bits per heavy atom. The minimum Gasteiger partial charge on any atom is -0.453 e. The number of hydrogen-bond donors (Lipinski definition) is 5. The highest BCUT2D eigenvalue weighted by molar-refractivity contribution is 5.89. The number of nitrogens with one attached hydrogen (secondary N) is 4. The second-order valence-corrected chi connectivity index (χ2v) is 16.8. The lowest BCUT2D eigenvalue weighted by molar-refractivity contribution is -0.135. The molecule has 3 saturated heterocycles. The lowest BCUT2D eigenvalue weighted by Gasteiger charge is -2.30. The summed E-state index contributed by atoms with van der Waals surface area (Å²) in [6.45, 7) is 1.77. The summed E-state index contributed by atoms with van der Waals surface area (Å²) >= 11 is 0. The molecule has 0 aliphatic carbocycles. The normalized spacial score (nSPS) is 18.9. The number of imidazole rings is 2. The fraction of sp³-hybridized carbons (Fsp3) is 0.294. The molecular formula is C51H51N9O6. The molecule has 0 radical (unpaired) electrons. The summed E-state index contributed by atoms with van der Waals surface area (Å²) < 4.78 is 4.83. The van der Waals surface area contributed by atoms with E-state index in [0.717, 1.165) is 59.3 Å². The maximum atomic E-state index is 14.2. The monoisotopic (exact) mass is 885 g/mol. The van der Waals surface area contributed by atoms with Crippen LogP contribution in [0.5, 0.6) is 0 Å². The maximum absolute atomic E-state index is 14.2. The van der Waals surface area contributed by atoms with Crippen molar-refractivity contribution >= 4 is 23.9 Å². The first-order chi connectivity index (χ1) is 32.2. The van der Waals surface area contributed by atoms with Crippen molar-refractivity contribution in [3.63, 3.8) is 0 Å². The van der Waals surface area contributed by atoms with Crippen LogP contribution in [0.4, 0.5) is 9.59 Å². The first-order valence-electron chi connectivity index (χ1n) is 22.3. The smallest absolute Gasteiger partial charge is 0.407 e. The molecule has 5 amide bonds. The van der Waals surface area contributed by atoms with Crippen molar-refractivity contribution < 1.29 is 29.0 Å². The minimum atomic E-state index is -0.889. The number of carbonyl (C=O) groups excluding carboxylic acids is 4. The van der Waals surface area contributed by atoms with Gasteiger partial charge in [-0.1, -0.05) is 96.8 Å². The number of hydrogen-bond acceptors (Lipinski definition) is 8. The van der Waals surface area contributed by atoms with E-state index in [9.17, 15) is 24.3 Å². The van der Waals surface area contributed by atoms with Crippen LogP contribution in [0.2, 0.25) is 0 Å². The highest BCUT2D eigenvalue weighted by Crippen LogP contribution is 2.36. The molecule has 5 unspecified atom stereocenters. The molecule has 3 aliphatic heterocycles. The van der Waals surface area contributed by atoms with Gasteiger partial charge < -0.3 is 45.1 Å². The van der Waals surface area contributed by atoms with Crippen LogP contribution >= 0.6 is 0 Å². The van der Waals surface area contributed by atoms with Crippen LogP contribution in [0.25, 0.3) is 22.5 Å². The van der Waals surface area contributed by atoms with Crippen molar-refractivity contribution in [3.05, 3.63) is 155 Å². The summed E-state index contributed by atoms with van der Waals surface area (Å²) in [5, 5.41) is 15.7. The lowest BCUT2D eigenvalue weighted by atomic mass is 10.0. The van der Waals surface area contributed by atoms with Gasteiger partial charge in [0, 0.05) is 37.3 Å². The number of ether oxygens (including phenoxy) is 1. The summed E-state index contributed by atoms with van der Waals surface area (Å²) in [7, 11) is 1.28. The molecule has 15 heteroatoms. The van der Waals surface area contributed by atoms with Gasteiger partial charge in [0.15, 0.2) is 0 Å². The number of rotatable bonds is 10. The number of urea groups is 1. The fourth-order valence-corrected chi connectivity index (χ4v) is 9.06. The molecule has 5 atom stereocenters. The molecule has 0 spiro atoms. The van der Waals surface area contributed by atoms with Gasteiger partial charge in [0.2, 0.25) is 5.91 Å². The van der Waals surface area contributed by atoms with E-state index in [-0.39, 0.29) is 36.5 Å². The van der Waals surface area contributed by atoms with Gasteiger partial charge in [-0.2, -0.15) is 0 Å². The van der Waals surface area contributed by atoms with Gasteiger partial charge in [0.1, 0.15) is 23.7 Å². The van der Waals surface area contributed by atoms with E-state index in [0.29, 0.717) is 48.8 Å². The highest BCUT2D eigenvalue weighted by atomic mass is 16.5. The van der Waals surface area contributed by atoms with Gasteiger partial charge in [0.25, 0.3) is 5.91 Å². The van der Waals surface area contributed by atoms with E-state index in [1.165, 1.54) is 7.11 Å². The average Bonchev–Trinajstić information content (AvgIpc) is 4.23. The Morgan fingerprint density at radius 1 is 0.652 bits per heavy atom. The molecule has 5 N–H and O–H groups in total. The Kier molecular flexibility index (Phi) is 12.9. The summed E-state index contributed by atoms with van der Waals surface area (Å²) in [5.74, 6) is 7.47. The minimum absolute atomic E-state index is 0.200. The fourth-order valence-electron chi connectivity index (χ4n) is 9.06. The average molecular weight is 886 g/mol. The molecule has 5 heterocycles. The summed E-state index contributed by atoms with van der Waals surface area (Å²) in [4.78, 5) is 75.0. The van der Waals surface area contributed by atoms with Crippen LogP contribution in [0.15, 0.2) is 122 Å². The summed E-state index contributed by atoms with van der Waals surface area (Å²) in [6, 6.07) is 31.5. The number of benzene rings is 4. The number of likely N-dealkylation sites (tertiary alicyclic amines) is 3. The third-order valence-electron chi connectivity index (χ3n) is 12.6. The van der Waals surface area contributed by atoms with Crippen molar-refractivity contribution in [3.8, 4) is 34.4 Å². The Hall–Kier alpha value is -7.70. The van der Waals surface area contributed by atoms with Crippen LogP contribution < -0.4 is 10.6 Å². The third kappa shape index (κ3) is 9.55. The van der Waals surface area contributed by atoms with Crippen molar-refractivity contribution in [2.45, 2.75) is 62.4 Å². The molecule has 0 bridgehead atoms. The zero-order chi connectivity index (χ0) is 45.6. The number of alkyl carbamates (subject to hydrolysis) is 1. The SMILES string of the molecule is COC(=O)NC(C(=O)N1CCCC1c1ncc(-c2ccc(C#Cc3ccc(-c4cnc(C5CCCN5C(=O)C(NC(=O)N5CCC(O)C5)c5ccccc5)[nH]4)cc3)cc2)[nH]1)c1ccccc1. The van der Waals surface area contributed by atoms with Crippen molar-refractivity contribution in [2.24, 2.45) is 0 Å². The first-order valence-corrected chi connectivity index (χ1v) is 22.3. The molecule has 9 rings (SSSR count). The van der Waals surface area contributed by atoms with Gasteiger partial charge >= 0.3 is 12.1 Å². The Labute approximate surface area is 382 Å². The molecule has 3 aliphatic rings. The van der Waals surface area contributed by atoms with Crippen LogP contribution in [-0.2, 0) is 14.3 Å². The molecule has 2 aromatic heterocycles. The number of H-pyrrole nitrogens is 2. The predicted molar refractivity (Wildman–Crippen MR) is 246 cm³/mol. The molecule has 4 aromatic carbocycles. The van der Waals surface area contributed by atoms with E-state index >= 15 is 0 Å². The largest absolute Gasteiger partial charge is 0.453 e. The molecule has 15 nitrogen and oxygen atoms in total. The molecule has 0 saturated carbocycles. The van der Waals surface area contributed by atoms with Gasteiger partial charge in [-0.25, -0.2) is 19.6 Å². The topological polar surface area (TPSA) is 189 Å². The van der Waals surface area contributed by atoms with Crippen molar-refractivity contribution in [2.75, 3.05) is 33.3 Å². The highest BCUT2D eigenvalue weighted by Gasteiger charge is 2.39. The Morgan fingerprint density at radius 2 is 1.12 bits per heavy atom. The van der Waals surface area contributed by atoms with Crippen LogP contribution in [0.3, 0.4) is 0 Å². The third-order valence-corrected chi connectivity index (χ3v) is 12.6. The van der Waals surface area contributed by atoms with Crippen molar-refractivity contribution in [1.82, 2.24) is 45.3 Å². The molecule has 336 valence electrons. The number of nitrogens with zero attached hydrogens (tertiary/aromatic N) is 5. The molecular weight excluding hydrogens is 835 g/mol. The Balaban J connectivity index is 0.829. The van der Waals surface area contributed by atoms with Gasteiger partial charge in [-0.15, -0.1) is 0 Å². The quantitative estimate of drug-likeness (QED) is 0.0928. The number of aromatic amines is 2. The van der Waals surface area contributed by atoms with Gasteiger partial charge in [0.05, 0.1) is 49.1 Å².